The van der Waals surface area contributed by atoms with Crippen LogP contribution < -0.4 is 4.74 Å². The summed E-state index contributed by atoms with van der Waals surface area (Å²) in [6.07, 6.45) is 4.39. The first-order valence-corrected chi connectivity index (χ1v) is 11.9. The van der Waals surface area contributed by atoms with Crippen molar-refractivity contribution in [2.45, 2.75) is 38.2 Å². The first-order chi connectivity index (χ1) is 15.5. The number of rotatable bonds is 8. The standard InChI is InChI=1S/C28H32ClNO2/c1-22-5-9-24(10-6-22)28(31,21-23-7-13-26(29)14-8-23)25-11-15-27(16-12-25)32-20-19-30-17-3-2-4-18-30/h5-16,31H,2-4,17-21H2,1H3. The molecule has 1 fully saturated rings. The monoisotopic (exact) mass is 449 g/mol. The molecule has 0 bridgehead atoms. The molecule has 1 atom stereocenters. The Hall–Kier alpha value is -2.33. The van der Waals surface area contributed by atoms with E-state index in [9.17, 15) is 5.11 Å². The van der Waals surface area contributed by atoms with Crippen molar-refractivity contribution in [1.29, 1.82) is 0 Å². The van der Waals surface area contributed by atoms with Gasteiger partial charge in [-0.15, -0.1) is 0 Å². The molecule has 32 heavy (non-hydrogen) atoms. The molecule has 1 unspecified atom stereocenters. The van der Waals surface area contributed by atoms with Crippen LogP contribution in [0.1, 0.15) is 41.5 Å². The van der Waals surface area contributed by atoms with Crippen LogP contribution in [0.15, 0.2) is 72.8 Å². The molecule has 3 aromatic carbocycles. The van der Waals surface area contributed by atoms with E-state index >= 15 is 0 Å². The number of halogens is 1. The number of ether oxygens (including phenoxy) is 1. The molecule has 1 saturated heterocycles. The van der Waals surface area contributed by atoms with Gasteiger partial charge in [-0.1, -0.05) is 72.1 Å². The average Bonchev–Trinajstić information content (AvgIpc) is 2.82. The summed E-state index contributed by atoms with van der Waals surface area (Å²) in [5.74, 6) is 0.837. The molecule has 1 aliphatic heterocycles. The highest BCUT2D eigenvalue weighted by molar-refractivity contribution is 6.30. The van der Waals surface area contributed by atoms with Crippen molar-refractivity contribution in [3.05, 3.63) is 100 Å². The van der Waals surface area contributed by atoms with Crippen molar-refractivity contribution in [3.63, 3.8) is 0 Å². The Morgan fingerprint density at radius 1 is 0.844 bits per heavy atom. The zero-order valence-electron chi connectivity index (χ0n) is 18.8. The van der Waals surface area contributed by atoms with E-state index < -0.39 is 5.60 Å². The molecule has 1 heterocycles. The molecular formula is C28H32ClNO2. The second-order valence-corrected chi connectivity index (χ2v) is 9.24. The van der Waals surface area contributed by atoms with E-state index in [-0.39, 0.29) is 0 Å². The van der Waals surface area contributed by atoms with Gasteiger partial charge < -0.3 is 9.84 Å². The van der Waals surface area contributed by atoms with Crippen LogP contribution in [-0.2, 0) is 12.0 Å². The predicted octanol–water partition coefficient (Wildman–Crippen LogP) is 5.99. The zero-order valence-corrected chi connectivity index (χ0v) is 19.5. The Kier molecular flexibility index (Phi) is 7.51. The summed E-state index contributed by atoms with van der Waals surface area (Å²) < 4.78 is 5.99. The average molecular weight is 450 g/mol. The lowest BCUT2D eigenvalue weighted by Gasteiger charge is -2.30. The fourth-order valence-electron chi connectivity index (χ4n) is 4.40. The van der Waals surface area contributed by atoms with Crippen LogP contribution in [0, 0.1) is 6.92 Å². The lowest BCUT2D eigenvalue weighted by molar-refractivity contribution is 0.0810. The van der Waals surface area contributed by atoms with Gasteiger partial charge >= 0.3 is 0 Å². The van der Waals surface area contributed by atoms with Gasteiger partial charge in [0.15, 0.2) is 0 Å². The van der Waals surface area contributed by atoms with E-state index in [1.54, 1.807) is 0 Å². The van der Waals surface area contributed by atoms with Gasteiger partial charge in [0.25, 0.3) is 0 Å². The van der Waals surface area contributed by atoms with Gasteiger partial charge in [-0.05, 0) is 73.8 Å². The van der Waals surface area contributed by atoms with Gasteiger partial charge in [0.2, 0.25) is 0 Å². The summed E-state index contributed by atoms with van der Waals surface area (Å²) in [5, 5.41) is 12.6. The first kappa shape index (κ1) is 22.8. The van der Waals surface area contributed by atoms with Crippen LogP contribution in [-0.4, -0.2) is 36.2 Å². The third-order valence-corrected chi connectivity index (χ3v) is 6.61. The minimum atomic E-state index is -1.14. The number of hydrogen-bond acceptors (Lipinski definition) is 3. The van der Waals surface area contributed by atoms with E-state index in [4.69, 9.17) is 16.3 Å². The lowest BCUT2D eigenvalue weighted by Crippen LogP contribution is -2.33. The number of nitrogens with zero attached hydrogens (tertiary/aromatic N) is 1. The molecular weight excluding hydrogens is 418 g/mol. The number of aryl methyl sites for hydroxylation is 1. The molecule has 168 valence electrons. The maximum Gasteiger partial charge on any atom is 0.119 e. The Morgan fingerprint density at radius 2 is 1.44 bits per heavy atom. The number of aliphatic hydroxyl groups is 1. The van der Waals surface area contributed by atoms with Crippen LogP contribution in [0.25, 0.3) is 0 Å². The Balaban J connectivity index is 1.51. The van der Waals surface area contributed by atoms with Crippen LogP contribution in [0.2, 0.25) is 5.02 Å². The second kappa shape index (κ2) is 10.5. The van der Waals surface area contributed by atoms with Gasteiger partial charge in [-0.3, -0.25) is 4.90 Å². The Morgan fingerprint density at radius 3 is 2.06 bits per heavy atom. The molecule has 1 N–H and O–H groups in total. The van der Waals surface area contributed by atoms with Crippen molar-refractivity contribution < 1.29 is 9.84 Å². The molecule has 0 spiro atoms. The van der Waals surface area contributed by atoms with E-state index in [1.165, 1.54) is 37.9 Å². The highest BCUT2D eigenvalue weighted by Crippen LogP contribution is 2.34. The SMILES string of the molecule is Cc1ccc(C(O)(Cc2ccc(Cl)cc2)c2ccc(OCCN3CCCCC3)cc2)cc1. The van der Waals surface area contributed by atoms with Crippen molar-refractivity contribution in [3.8, 4) is 5.75 Å². The first-order valence-electron chi connectivity index (χ1n) is 11.5. The summed E-state index contributed by atoms with van der Waals surface area (Å²) >= 11 is 6.06. The summed E-state index contributed by atoms with van der Waals surface area (Å²) in [6.45, 7) is 6.06. The third-order valence-electron chi connectivity index (χ3n) is 6.36. The molecule has 0 radical (unpaired) electrons. The zero-order chi connectivity index (χ0) is 22.4. The van der Waals surface area contributed by atoms with Crippen LogP contribution in [0.4, 0.5) is 0 Å². The molecule has 4 heteroatoms. The molecule has 0 saturated carbocycles. The van der Waals surface area contributed by atoms with Crippen LogP contribution in [0.3, 0.4) is 0 Å². The topological polar surface area (TPSA) is 32.7 Å². The fourth-order valence-corrected chi connectivity index (χ4v) is 4.53. The number of hydrogen-bond donors (Lipinski definition) is 1. The van der Waals surface area contributed by atoms with E-state index in [2.05, 4.69) is 11.8 Å². The maximum absolute atomic E-state index is 11.9. The minimum absolute atomic E-state index is 0.461. The van der Waals surface area contributed by atoms with E-state index in [0.717, 1.165) is 29.0 Å². The number of benzene rings is 3. The van der Waals surface area contributed by atoms with Crippen molar-refractivity contribution in [1.82, 2.24) is 4.90 Å². The highest BCUT2D eigenvalue weighted by Gasteiger charge is 2.32. The molecule has 0 aromatic heterocycles. The largest absolute Gasteiger partial charge is 0.492 e. The van der Waals surface area contributed by atoms with Crippen molar-refractivity contribution in [2.24, 2.45) is 0 Å². The second-order valence-electron chi connectivity index (χ2n) is 8.80. The third kappa shape index (κ3) is 5.72. The number of likely N-dealkylation sites (tertiary alicyclic amines) is 1. The van der Waals surface area contributed by atoms with Gasteiger partial charge in [-0.2, -0.15) is 0 Å². The van der Waals surface area contributed by atoms with Crippen molar-refractivity contribution in [2.75, 3.05) is 26.2 Å². The Labute approximate surface area is 196 Å². The maximum atomic E-state index is 11.9. The predicted molar refractivity (Wildman–Crippen MR) is 132 cm³/mol. The molecule has 4 rings (SSSR count). The summed E-state index contributed by atoms with van der Waals surface area (Å²) in [4.78, 5) is 2.47. The quantitative estimate of drug-likeness (QED) is 0.458. The van der Waals surface area contributed by atoms with Gasteiger partial charge in [0.1, 0.15) is 18.0 Å². The normalized spacial score (nSPS) is 16.5. The van der Waals surface area contributed by atoms with Crippen molar-refractivity contribution >= 4 is 11.6 Å². The lowest BCUT2D eigenvalue weighted by atomic mass is 9.81. The highest BCUT2D eigenvalue weighted by atomic mass is 35.5. The van der Waals surface area contributed by atoms with Gasteiger partial charge in [0, 0.05) is 18.0 Å². The fraction of sp³-hybridized carbons (Fsp3) is 0.357. The molecule has 0 aliphatic carbocycles. The summed E-state index contributed by atoms with van der Waals surface area (Å²) in [7, 11) is 0. The molecule has 3 nitrogen and oxygen atoms in total. The summed E-state index contributed by atoms with van der Waals surface area (Å²) in [6, 6.07) is 23.7. The van der Waals surface area contributed by atoms with Crippen LogP contribution >= 0.6 is 11.6 Å². The minimum Gasteiger partial charge on any atom is -0.492 e. The van der Waals surface area contributed by atoms with E-state index in [0.29, 0.717) is 18.1 Å². The smallest absolute Gasteiger partial charge is 0.119 e. The van der Waals surface area contributed by atoms with Gasteiger partial charge in [-0.25, -0.2) is 0 Å². The molecule has 0 amide bonds. The van der Waals surface area contributed by atoms with E-state index in [1.807, 2.05) is 72.8 Å². The van der Waals surface area contributed by atoms with Gasteiger partial charge in [0.05, 0.1) is 0 Å². The van der Waals surface area contributed by atoms with Crippen LogP contribution in [0.5, 0.6) is 5.75 Å². The molecule has 3 aromatic rings. The molecule has 1 aliphatic rings. The number of piperidine rings is 1. The Bertz CT molecular complexity index is 979. The summed E-state index contributed by atoms with van der Waals surface area (Å²) in [5.41, 5.74) is 2.77.